The molecule has 112 valence electrons. The van der Waals surface area contributed by atoms with Gasteiger partial charge in [0.25, 0.3) is 0 Å². The number of hydrogen-bond acceptors (Lipinski definition) is 2. The lowest BCUT2D eigenvalue weighted by molar-refractivity contribution is -0.138. The number of aliphatic carboxylic acids is 1. The number of carboxylic acid groups (broad SMARTS) is 1. The van der Waals surface area contributed by atoms with Crippen molar-refractivity contribution in [3.63, 3.8) is 0 Å². The summed E-state index contributed by atoms with van der Waals surface area (Å²) in [7, 11) is 1.78. The van der Waals surface area contributed by atoms with Gasteiger partial charge in [0.2, 0.25) is 0 Å². The maximum absolute atomic E-state index is 11.6. The highest BCUT2D eigenvalue weighted by Crippen LogP contribution is 2.29. The van der Waals surface area contributed by atoms with Gasteiger partial charge in [-0.25, -0.2) is 0 Å². The Morgan fingerprint density at radius 3 is 2.67 bits per heavy atom. The molecule has 1 aromatic heterocycles. The molecule has 1 aromatic carbocycles. The number of carboxylic acids is 1. The van der Waals surface area contributed by atoms with E-state index in [0.717, 1.165) is 11.4 Å². The van der Waals surface area contributed by atoms with Gasteiger partial charge in [-0.3, -0.25) is 9.48 Å². The van der Waals surface area contributed by atoms with Crippen molar-refractivity contribution >= 4 is 29.2 Å². The van der Waals surface area contributed by atoms with Gasteiger partial charge in [-0.1, -0.05) is 42.3 Å². The number of rotatable bonds is 5. The molecule has 1 N–H and O–H groups in total. The lowest BCUT2D eigenvalue weighted by Gasteiger charge is -2.13. The Morgan fingerprint density at radius 2 is 2.14 bits per heavy atom. The van der Waals surface area contributed by atoms with Crippen molar-refractivity contribution in [2.24, 2.45) is 7.05 Å². The molecule has 0 amide bonds. The van der Waals surface area contributed by atoms with Crippen LogP contribution in [0.25, 0.3) is 0 Å². The summed E-state index contributed by atoms with van der Waals surface area (Å²) in [5.74, 6) is -1.62. The molecular formula is C15H16Cl2N2O2. The van der Waals surface area contributed by atoms with Crippen LogP contribution in [0.4, 0.5) is 0 Å². The van der Waals surface area contributed by atoms with Gasteiger partial charge in [0.05, 0.1) is 22.3 Å². The summed E-state index contributed by atoms with van der Waals surface area (Å²) in [6, 6.07) is 6.90. The molecule has 0 bridgehead atoms. The fourth-order valence-electron chi connectivity index (χ4n) is 2.31. The second-order valence-electron chi connectivity index (χ2n) is 4.83. The van der Waals surface area contributed by atoms with Crippen molar-refractivity contribution in [1.29, 1.82) is 0 Å². The van der Waals surface area contributed by atoms with E-state index in [1.54, 1.807) is 36.0 Å². The predicted octanol–water partition coefficient (Wildman–Crippen LogP) is 3.70. The fourth-order valence-corrected chi connectivity index (χ4v) is 2.88. The summed E-state index contributed by atoms with van der Waals surface area (Å²) in [4.78, 5) is 11.6. The number of aromatic nitrogens is 2. The maximum Gasteiger partial charge on any atom is 0.311 e. The molecular weight excluding hydrogens is 311 g/mol. The Morgan fingerprint density at radius 1 is 1.43 bits per heavy atom. The molecule has 1 atom stereocenters. The molecule has 2 rings (SSSR count). The van der Waals surface area contributed by atoms with E-state index < -0.39 is 11.9 Å². The molecule has 0 fully saturated rings. The van der Waals surface area contributed by atoms with Gasteiger partial charge in [0.15, 0.2) is 0 Å². The zero-order valence-electron chi connectivity index (χ0n) is 11.8. The number of halogens is 2. The zero-order chi connectivity index (χ0) is 15.6. The van der Waals surface area contributed by atoms with Crippen molar-refractivity contribution in [1.82, 2.24) is 9.78 Å². The zero-order valence-corrected chi connectivity index (χ0v) is 13.3. The van der Waals surface area contributed by atoms with Crippen LogP contribution in [0, 0.1) is 0 Å². The first-order valence-corrected chi connectivity index (χ1v) is 7.38. The lowest BCUT2D eigenvalue weighted by Crippen LogP contribution is -2.16. The molecule has 1 unspecified atom stereocenters. The highest BCUT2D eigenvalue weighted by Gasteiger charge is 2.24. The highest BCUT2D eigenvalue weighted by molar-refractivity contribution is 6.32. The van der Waals surface area contributed by atoms with Gasteiger partial charge >= 0.3 is 5.97 Å². The van der Waals surface area contributed by atoms with Gasteiger partial charge in [0.1, 0.15) is 0 Å². The molecule has 6 heteroatoms. The van der Waals surface area contributed by atoms with E-state index in [1.807, 2.05) is 6.92 Å². The summed E-state index contributed by atoms with van der Waals surface area (Å²) < 4.78 is 1.65. The molecule has 0 saturated heterocycles. The van der Waals surface area contributed by atoms with Crippen LogP contribution in [-0.4, -0.2) is 20.9 Å². The monoisotopic (exact) mass is 326 g/mol. The van der Waals surface area contributed by atoms with E-state index in [2.05, 4.69) is 5.10 Å². The number of aryl methyl sites for hydroxylation is 2. The van der Waals surface area contributed by atoms with Gasteiger partial charge in [-0.2, -0.15) is 5.10 Å². The minimum atomic E-state index is -0.910. The van der Waals surface area contributed by atoms with E-state index in [1.165, 1.54) is 0 Å². The second kappa shape index (κ2) is 6.50. The van der Waals surface area contributed by atoms with Crippen molar-refractivity contribution in [2.75, 3.05) is 0 Å². The number of benzene rings is 1. The smallest absolute Gasteiger partial charge is 0.311 e. The average molecular weight is 327 g/mol. The van der Waals surface area contributed by atoms with E-state index in [4.69, 9.17) is 23.2 Å². The first-order chi connectivity index (χ1) is 9.93. The van der Waals surface area contributed by atoms with Crippen LogP contribution in [0.3, 0.4) is 0 Å². The Bertz CT molecular complexity index is 668. The summed E-state index contributed by atoms with van der Waals surface area (Å²) in [6.07, 6.45) is 0.986. The third kappa shape index (κ3) is 3.39. The summed E-state index contributed by atoms with van der Waals surface area (Å²) in [5.41, 5.74) is 2.16. The van der Waals surface area contributed by atoms with E-state index in [-0.39, 0.29) is 6.42 Å². The van der Waals surface area contributed by atoms with Gasteiger partial charge < -0.3 is 5.11 Å². The minimum Gasteiger partial charge on any atom is -0.481 e. The molecule has 0 aliphatic heterocycles. The summed E-state index contributed by atoms with van der Waals surface area (Å²) in [5, 5.41) is 14.9. The number of hydrogen-bond donors (Lipinski definition) is 1. The van der Waals surface area contributed by atoms with Crippen molar-refractivity contribution in [3.8, 4) is 0 Å². The summed E-state index contributed by atoms with van der Waals surface area (Å²) >= 11 is 12.2. The molecule has 0 aliphatic rings. The first-order valence-electron chi connectivity index (χ1n) is 6.62. The van der Waals surface area contributed by atoms with Crippen molar-refractivity contribution in [3.05, 3.63) is 51.3 Å². The molecule has 0 aliphatic carbocycles. The maximum atomic E-state index is 11.6. The third-order valence-corrected chi connectivity index (χ3v) is 4.12. The molecule has 0 saturated carbocycles. The first kappa shape index (κ1) is 15.9. The van der Waals surface area contributed by atoms with Crippen LogP contribution in [0.5, 0.6) is 0 Å². The van der Waals surface area contributed by atoms with Crippen molar-refractivity contribution in [2.45, 2.75) is 25.7 Å². The van der Waals surface area contributed by atoms with Crippen LogP contribution in [0.2, 0.25) is 10.0 Å². The van der Waals surface area contributed by atoms with Crippen LogP contribution in [0.15, 0.2) is 24.3 Å². The van der Waals surface area contributed by atoms with Gasteiger partial charge in [-0.05, 0) is 24.1 Å². The van der Waals surface area contributed by atoms with Gasteiger partial charge in [0, 0.05) is 18.5 Å². The quantitative estimate of drug-likeness (QED) is 0.911. The topological polar surface area (TPSA) is 55.1 Å². The molecule has 0 spiro atoms. The lowest BCUT2D eigenvalue weighted by atomic mass is 9.94. The van der Waals surface area contributed by atoms with Crippen LogP contribution >= 0.6 is 23.2 Å². The molecule has 21 heavy (non-hydrogen) atoms. The Balaban J connectivity index is 2.38. The van der Waals surface area contributed by atoms with Crippen LogP contribution in [0.1, 0.15) is 29.8 Å². The normalized spacial score (nSPS) is 12.4. The Labute approximate surface area is 133 Å². The molecule has 1 heterocycles. The van der Waals surface area contributed by atoms with Crippen LogP contribution in [-0.2, 0) is 24.7 Å². The Hall–Kier alpha value is -1.52. The third-order valence-electron chi connectivity index (χ3n) is 3.45. The van der Waals surface area contributed by atoms with E-state index in [0.29, 0.717) is 22.0 Å². The molecule has 0 radical (unpaired) electrons. The second-order valence-corrected chi connectivity index (χ2v) is 5.65. The SMILES string of the molecule is CCc1nn(C)c(CC(C(=O)O)c2cccc(Cl)c2)c1Cl. The molecule has 4 nitrogen and oxygen atoms in total. The summed E-state index contributed by atoms with van der Waals surface area (Å²) in [6.45, 7) is 1.96. The van der Waals surface area contributed by atoms with Crippen LogP contribution < -0.4 is 0 Å². The Kier molecular flexibility index (Phi) is 4.91. The average Bonchev–Trinajstić information content (AvgIpc) is 2.70. The van der Waals surface area contributed by atoms with Crippen molar-refractivity contribution < 1.29 is 9.90 Å². The highest BCUT2D eigenvalue weighted by atomic mass is 35.5. The number of carbonyl (C=O) groups is 1. The molecule has 2 aromatic rings. The van der Waals surface area contributed by atoms with E-state index >= 15 is 0 Å². The number of nitrogens with zero attached hydrogens (tertiary/aromatic N) is 2. The van der Waals surface area contributed by atoms with Gasteiger partial charge in [-0.15, -0.1) is 0 Å². The minimum absolute atomic E-state index is 0.276. The van der Waals surface area contributed by atoms with E-state index in [9.17, 15) is 9.90 Å². The predicted molar refractivity (Wildman–Crippen MR) is 83.1 cm³/mol. The largest absolute Gasteiger partial charge is 0.481 e. The fraction of sp³-hybridized carbons (Fsp3) is 0.333. The standard InChI is InChI=1S/C15H16Cl2N2O2/c1-3-12-14(17)13(19(2)18-12)8-11(15(20)21)9-5-4-6-10(16)7-9/h4-7,11H,3,8H2,1-2H3,(H,20,21).